The van der Waals surface area contributed by atoms with Gasteiger partial charge in [-0.3, -0.25) is 0 Å². The maximum absolute atomic E-state index is 4.54. The first kappa shape index (κ1) is 10.4. The van der Waals surface area contributed by atoms with Gasteiger partial charge in [-0.15, -0.1) is 0 Å². The predicted molar refractivity (Wildman–Crippen MR) is 62.1 cm³/mol. The third kappa shape index (κ3) is 2.46. The lowest BCUT2D eigenvalue weighted by atomic mass is 10.2. The molecule has 3 heteroatoms. The fourth-order valence-corrected chi connectivity index (χ4v) is 1.54. The van der Waals surface area contributed by atoms with Crippen molar-refractivity contribution in [1.29, 1.82) is 0 Å². The number of anilines is 1. The van der Waals surface area contributed by atoms with Gasteiger partial charge in [0.25, 0.3) is 0 Å². The van der Waals surface area contributed by atoms with Crippen molar-refractivity contribution in [2.24, 2.45) is 0 Å². The first-order valence-electron chi connectivity index (χ1n) is 5.62. The van der Waals surface area contributed by atoms with Crippen molar-refractivity contribution in [1.82, 2.24) is 9.97 Å². The lowest BCUT2D eigenvalue weighted by molar-refractivity contribution is 0.754. The summed E-state index contributed by atoms with van der Waals surface area (Å²) in [7, 11) is 0. The molecule has 2 rings (SSSR count). The van der Waals surface area contributed by atoms with Crippen molar-refractivity contribution in [3.05, 3.63) is 17.6 Å². The number of nitrogens with zero attached hydrogens (tertiary/aromatic N) is 2. The van der Waals surface area contributed by atoms with Gasteiger partial charge in [0.1, 0.15) is 11.6 Å². The van der Waals surface area contributed by atoms with E-state index in [0.717, 1.165) is 17.3 Å². The molecule has 0 aliphatic heterocycles. The summed E-state index contributed by atoms with van der Waals surface area (Å²) in [5, 5.41) is 3.48. The third-order valence-electron chi connectivity index (χ3n) is 2.82. The molecule has 0 saturated heterocycles. The number of rotatable bonds is 3. The van der Waals surface area contributed by atoms with Gasteiger partial charge in [0.15, 0.2) is 0 Å². The summed E-state index contributed by atoms with van der Waals surface area (Å²) in [6, 6.07) is 2.02. The van der Waals surface area contributed by atoms with Crippen molar-refractivity contribution in [2.45, 2.75) is 52.0 Å². The molecule has 1 saturated carbocycles. The molecule has 15 heavy (non-hydrogen) atoms. The Hall–Kier alpha value is -1.12. The van der Waals surface area contributed by atoms with Gasteiger partial charge in [0.2, 0.25) is 0 Å². The lowest BCUT2D eigenvalue weighted by Crippen LogP contribution is -2.18. The number of hydrogen-bond acceptors (Lipinski definition) is 3. The molecule has 1 aliphatic rings. The van der Waals surface area contributed by atoms with Gasteiger partial charge in [-0.2, -0.15) is 0 Å². The lowest BCUT2D eigenvalue weighted by Gasteiger charge is -2.14. The molecule has 1 aromatic heterocycles. The van der Waals surface area contributed by atoms with Gasteiger partial charge in [0.05, 0.1) is 0 Å². The summed E-state index contributed by atoms with van der Waals surface area (Å²) in [6.07, 6.45) is 2.49. The Bertz CT molecular complexity index is 367. The van der Waals surface area contributed by atoms with E-state index in [1.54, 1.807) is 0 Å². The molecule has 1 aliphatic carbocycles. The number of aryl methyl sites for hydroxylation is 1. The van der Waals surface area contributed by atoms with Gasteiger partial charge < -0.3 is 5.32 Å². The Kier molecular flexibility index (Phi) is 2.41. The zero-order chi connectivity index (χ0) is 11.1. The van der Waals surface area contributed by atoms with Gasteiger partial charge in [-0.1, -0.05) is 13.8 Å². The molecule has 1 N–H and O–H groups in total. The van der Waals surface area contributed by atoms with Crippen molar-refractivity contribution in [3.63, 3.8) is 0 Å². The standard InChI is InChI=1S/C12H19N3/c1-8(2)11-13-9(3)7-10(14-11)15-12(4)5-6-12/h7-8H,5-6H2,1-4H3,(H,13,14,15). The molecule has 0 amide bonds. The smallest absolute Gasteiger partial charge is 0.133 e. The van der Waals surface area contributed by atoms with Crippen LogP contribution in [0.25, 0.3) is 0 Å². The van der Waals surface area contributed by atoms with Crippen LogP contribution in [0.2, 0.25) is 0 Å². The van der Waals surface area contributed by atoms with E-state index in [0.29, 0.717) is 5.92 Å². The number of aromatic nitrogens is 2. The molecular formula is C12H19N3. The van der Waals surface area contributed by atoms with Crippen molar-refractivity contribution < 1.29 is 0 Å². The SMILES string of the molecule is Cc1cc(NC2(C)CC2)nc(C(C)C)n1. The highest BCUT2D eigenvalue weighted by Crippen LogP contribution is 2.37. The van der Waals surface area contributed by atoms with E-state index >= 15 is 0 Å². The highest BCUT2D eigenvalue weighted by Gasteiger charge is 2.37. The van der Waals surface area contributed by atoms with Crippen LogP contribution in [0.4, 0.5) is 5.82 Å². The highest BCUT2D eigenvalue weighted by molar-refractivity contribution is 5.41. The van der Waals surface area contributed by atoms with E-state index in [4.69, 9.17) is 0 Å². The van der Waals surface area contributed by atoms with Crippen LogP contribution in [0.3, 0.4) is 0 Å². The van der Waals surface area contributed by atoms with Crippen LogP contribution in [0.5, 0.6) is 0 Å². The zero-order valence-corrected chi connectivity index (χ0v) is 9.96. The van der Waals surface area contributed by atoms with Crippen LogP contribution in [0.15, 0.2) is 6.07 Å². The average molecular weight is 205 g/mol. The molecule has 0 atom stereocenters. The largest absolute Gasteiger partial charge is 0.365 e. The molecule has 82 valence electrons. The molecule has 0 radical (unpaired) electrons. The second-order valence-corrected chi connectivity index (χ2v) is 5.09. The molecule has 1 fully saturated rings. The topological polar surface area (TPSA) is 37.8 Å². The van der Waals surface area contributed by atoms with E-state index in [9.17, 15) is 0 Å². The van der Waals surface area contributed by atoms with E-state index in [2.05, 4.69) is 36.1 Å². The zero-order valence-electron chi connectivity index (χ0n) is 9.96. The first-order chi connectivity index (χ1) is 6.98. The highest BCUT2D eigenvalue weighted by atomic mass is 15.1. The fourth-order valence-electron chi connectivity index (χ4n) is 1.54. The minimum absolute atomic E-state index is 0.287. The van der Waals surface area contributed by atoms with Gasteiger partial charge in [-0.05, 0) is 26.7 Å². The molecule has 1 heterocycles. The van der Waals surface area contributed by atoms with Crippen LogP contribution in [0, 0.1) is 6.92 Å². The molecular weight excluding hydrogens is 186 g/mol. The number of nitrogens with one attached hydrogen (secondary N) is 1. The summed E-state index contributed by atoms with van der Waals surface area (Å²) in [6.45, 7) is 8.50. The van der Waals surface area contributed by atoms with Crippen LogP contribution in [0.1, 0.15) is 51.0 Å². The monoisotopic (exact) mass is 205 g/mol. The summed E-state index contributed by atoms with van der Waals surface area (Å²) in [4.78, 5) is 8.97. The van der Waals surface area contributed by atoms with Crippen molar-refractivity contribution in [3.8, 4) is 0 Å². The van der Waals surface area contributed by atoms with E-state index in [-0.39, 0.29) is 5.54 Å². The van der Waals surface area contributed by atoms with E-state index in [1.165, 1.54) is 12.8 Å². The Balaban J connectivity index is 2.23. The third-order valence-corrected chi connectivity index (χ3v) is 2.82. The van der Waals surface area contributed by atoms with E-state index < -0.39 is 0 Å². The van der Waals surface area contributed by atoms with Gasteiger partial charge in [-0.25, -0.2) is 9.97 Å². The van der Waals surface area contributed by atoms with Crippen LogP contribution >= 0.6 is 0 Å². The molecule has 0 aromatic carbocycles. The van der Waals surface area contributed by atoms with Crippen molar-refractivity contribution >= 4 is 5.82 Å². The van der Waals surface area contributed by atoms with Crippen molar-refractivity contribution in [2.75, 3.05) is 5.32 Å². The van der Waals surface area contributed by atoms with Gasteiger partial charge in [0, 0.05) is 23.2 Å². The molecule has 1 aromatic rings. The molecule has 0 unspecified atom stereocenters. The summed E-state index contributed by atoms with van der Waals surface area (Å²) >= 11 is 0. The first-order valence-corrected chi connectivity index (χ1v) is 5.62. The molecule has 3 nitrogen and oxygen atoms in total. The quantitative estimate of drug-likeness (QED) is 0.824. The maximum Gasteiger partial charge on any atom is 0.133 e. The average Bonchev–Trinajstić information content (AvgIpc) is 2.81. The van der Waals surface area contributed by atoms with Gasteiger partial charge >= 0.3 is 0 Å². The minimum atomic E-state index is 0.287. The summed E-state index contributed by atoms with van der Waals surface area (Å²) < 4.78 is 0. The predicted octanol–water partition coefficient (Wildman–Crippen LogP) is 2.87. The Morgan fingerprint density at radius 3 is 2.53 bits per heavy atom. The number of hydrogen-bond donors (Lipinski definition) is 1. The van der Waals surface area contributed by atoms with Crippen LogP contribution in [-0.4, -0.2) is 15.5 Å². The summed E-state index contributed by atoms with van der Waals surface area (Å²) in [5.41, 5.74) is 1.33. The maximum atomic E-state index is 4.54. The summed E-state index contributed by atoms with van der Waals surface area (Å²) in [5.74, 6) is 2.30. The second-order valence-electron chi connectivity index (χ2n) is 5.09. The van der Waals surface area contributed by atoms with Crippen LogP contribution in [-0.2, 0) is 0 Å². The molecule has 0 bridgehead atoms. The Morgan fingerprint density at radius 1 is 1.33 bits per heavy atom. The normalized spacial score (nSPS) is 17.9. The fraction of sp³-hybridized carbons (Fsp3) is 0.667. The Morgan fingerprint density at radius 2 is 2.00 bits per heavy atom. The molecule has 0 spiro atoms. The second kappa shape index (κ2) is 3.47. The van der Waals surface area contributed by atoms with Crippen LogP contribution < -0.4 is 5.32 Å². The minimum Gasteiger partial charge on any atom is -0.365 e. The van der Waals surface area contributed by atoms with E-state index in [1.807, 2.05) is 13.0 Å². The Labute approximate surface area is 91.3 Å².